The van der Waals surface area contributed by atoms with E-state index in [1.807, 2.05) is 12.3 Å². The van der Waals surface area contributed by atoms with Crippen LogP contribution < -0.4 is 4.90 Å². The Morgan fingerprint density at radius 2 is 2.30 bits per heavy atom. The molecule has 1 saturated heterocycles. The van der Waals surface area contributed by atoms with E-state index in [9.17, 15) is 4.79 Å². The number of ether oxygens (including phenoxy) is 1. The van der Waals surface area contributed by atoms with Gasteiger partial charge in [0, 0.05) is 24.5 Å². The van der Waals surface area contributed by atoms with Crippen molar-refractivity contribution in [2.24, 2.45) is 5.92 Å². The lowest BCUT2D eigenvalue weighted by Crippen LogP contribution is -2.34. The fourth-order valence-electron chi connectivity index (χ4n) is 2.66. The number of aromatic nitrogens is 1. The minimum Gasteiger partial charge on any atom is -0.466 e. The highest BCUT2D eigenvalue weighted by Gasteiger charge is 2.32. The highest BCUT2D eigenvalue weighted by Crippen LogP contribution is 2.28. The number of rotatable bonds is 5. The van der Waals surface area contributed by atoms with E-state index in [-0.39, 0.29) is 12.4 Å². The Bertz CT molecular complexity index is 461. The van der Waals surface area contributed by atoms with Crippen LogP contribution >= 0.6 is 11.3 Å². The number of nitrogens with zero attached hydrogens (tertiary/aromatic N) is 3. The van der Waals surface area contributed by atoms with Crippen molar-refractivity contribution in [3.8, 4) is 0 Å². The van der Waals surface area contributed by atoms with Gasteiger partial charge in [-0.3, -0.25) is 4.79 Å². The first-order valence-corrected chi connectivity index (χ1v) is 7.90. The van der Waals surface area contributed by atoms with Crippen molar-refractivity contribution in [3.63, 3.8) is 0 Å². The minimum atomic E-state index is -0.203. The summed E-state index contributed by atoms with van der Waals surface area (Å²) in [7, 11) is 4.25. The predicted octanol–water partition coefficient (Wildman–Crippen LogP) is 1.64. The first kappa shape index (κ1) is 15.3. The molecule has 0 aromatic carbocycles. The maximum Gasteiger partial charge on any atom is 0.311 e. The average molecular weight is 297 g/mol. The van der Waals surface area contributed by atoms with E-state index >= 15 is 0 Å². The molecule has 0 aliphatic carbocycles. The lowest BCUT2D eigenvalue weighted by molar-refractivity contribution is -0.142. The van der Waals surface area contributed by atoms with Crippen LogP contribution in [0, 0.1) is 5.92 Å². The minimum absolute atomic E-state index is 0.203. The zero-order valence-electron chi connectivity index (χ0n) is 12.6. The summed E-state index contributed by atoms with van der Waals surface area (Å²) in [6.45, 7) is 6.54. The molecule has 2 atom stereocenters. The number of thiazole rings is 1. The molecule has 1 aliphatic heterocycles. The molecule has 20 heavy (non-hydrogen) atoms. The van der Waals surface area contributed by atoms with Gasteiger partial charge in [-0.05, 0) is 26.9 Å². The van der Waals surface area contributed by atoms with Crippen LogP contribution in [0.15, 0.2) is 5.38 Å². The van der Waals surface area contributed by atoms with Crippen LogP contribution in [0.1, 0.15) is 19.5 Å². The third-order valence-corrected chi connectivity index (χ3v) is 4.63. The summed E-state index contributed by atoms with van der Waals surface area (Å²) >= 11 is 1.61. The molecule has 5 nitrogen and oxygen atoms in total. The number of likely N-dealkylation sites (N-methyl/N-ethyl adjacent to an activating group) is 1. The van der Waals surface area contributed by atoms with Crippen LogP contribution in [0.2, 0.25) is 0 Å². The second kappa shape index (κ2) is 6.54. The van der Waals surface area contributed by atoms with Gasteiger partial charge in [0.15, 0.2) is 5.13 Å². The number of hydrogen-bond acceptors (Lipinski definition) is 6. The summed E-state index contributed by atoms with van der Waals surface area (Å²) in [6.07, 6.45) is 0.269. The van der Waals surface area contributed by atoms with Crippen molar-refractivity contribution >= 4 is 22.4 Å². The van der Waals surface area contributed by atoms with E-state index in [0.29, 0.717) is 18.6 Å². The maximum atomic E-state index is 11.5. The second-order valence-corrected chi connectivity index (χ2v) is 6.35. The van der Waals surface area contributed by atoms with Gasteiger partial charge in [-0.2, -0.15) is 0 Å². The second-order valence-electron chi connectivity index (χ2n) is 5.52. The Hall–Kier alpha value is -1.14. The molecule has 0 saturated carbocycles. The number of carbonyl (C=O) groups excluding carboxylic acids is 1. The third kappa shape index (κ3) is 3.49. The summed E-state index contributed by atoms with van der Waals surface area (Å²) < 4.78 is 4.95. The Kier molecular flexibility index (Phi) is 4.99. The molecule has 0 amide bonds. The molecular weight excluding hydrogens is 274 g/mol. The van der Waals surface area contributed by atoms with Crippen molar-refractivity contribution in [1.82, 2.24) is 9.88 Å². The van der Waals surface area contributed by atoms with Crippen molar-refractivity contribution in [2.45, 2.75) is 26.3 Å². The molecular formula is C14H23N3O2S. The quantitative estimate of drug-likeness (QED) is 0.773. The summed E-state index contributed by atoms with van der Waals surface area (Å²) in [5.41, 5.74) is 0.810. The van der Waals surface area contributed by atoms with E-state index in [1.54, 1.807) is 11.3 Å². The number of hydrogen-bond donors (Lipinski definition) is 0. The van der Waals surface area contributed by atoms with Gasteiger partial charge in [0.25, 0.3) is 0 Å². The summed E-state index contributed by atoms with van der Waals surface area (Å²) in [4.78, 5) is 20.6. The van der Waals surface area contributed by atoms with Crippen LogP contribution in [-0.2, 0) is 16.0 Å². The molecule has 1 aromatic rings. The summed E-state index contributed by atoms with van der Waals surface area (Å²) in [6, 6.07) is 0.562. The van der Waals surface area contributed by atoms with Crippen molar-refractivity contribution in [3.05, 3.63) is 11.1 Å². The van der Waals surface area contributed by atoms with Gasteiger partial charge in [-0.15, -0.1) is 11.3 Å². The van der Waals surface area contributed by atoms with Crippen molar-refractivity contribution in [2.75, 3.05) is 38.7 Å². The molecule has 0 bridgehead atoms. The largest absolute Gasteiger partial charge is 0.466 e. The van der Waals surface area contributed by atoms with Gasteiger partial charge in [-0.1, -0.05) is 6.92 Å². The van der Waals surface area contributed by atoms with Gasteiger partial charge in [0.2, 0.25) is 0 Å². The van der Waals surface area contributed by atoms with Gasteiger partial charge in [-0.25, -0.2) is 4.98 Å². The summed E-state index contributed by atoms with van der Waals surface area (Å²) in [5.74, 6) is 0.424. The SMILES string of the molecule is CCOC(=O)Cc1csc(N2CC(C)C(N(C)C)C2)n1. The van der Waals surface area contributed by atoms with Gasteiger partial charge >= 0.3 is 5.97 Å². The van der Waals surface area contributed by atoms with E-state index in [2.05, 4.69) is 35.8 Å². The van der Waals surface area contributed by atoms with E-state index in [1.165, 1.54) is 0 Å². The fraction of sp³-hybridized carbons (Fsp3) is 0.714. The van der Waals surface area contributed by atoms with Crippen LogP contribution in [0.5, 0.6) is 0 Å². The molecule has 0 N–H and O–H groups in total. The highest BCUT2D eigenvalue weighted by atomic mass is 32.1. The maximum absolute atomic E-state index is 11.5. The normalized spacial score (nSPS) is 22.6. The Morgan fingerprint density at radius 1 is 1.55 bits per heavy atom. The van der Waals surface area contributed by atoms with Crippen molar-refractivity contribution < 1.29 is 9.53 Å². The van der Waals surface area contributed by atoms with Crippen LogP contribution in [0.3, 0.4) is 0 Å². The lowest BCUT2D eigenvalue weighted by atomic mass is 10.1. The number of esters is 1. The lowest BCUT2D eigenvalue weighted by Gasteiger charge is -2.22. The van der Waals surface area contributed by atoms with E-state index < -0.39 is 0 Å². The third-order valence-electron chi connectivity index (χ3n) is 3.68. The molecule has 0 radical (unpaired) electrons. The van der Waals surface area contributed by atoms with Gasteiger partial charge in [0.1, 0.15) is 0 Å². The highest BCUT2D eigenvalue weighted by molar-refractivity contribution is 7.13. The smallest absolute Gasteiger partial charge is 0.311 e. The zero-order valence-corrected chi connectivity index (χ0v) is 13.4. The Balaban J connectivity index is 1.98. The standard InChI is InChI=1S/C14H23N3O2S/c1-5-19-13(18)6-11-9-20-14(15-11)17-7-10(2)12(8-17)16(3)4/h9-10,12H,5-8H2,1-4H3. The molecule has 2 unspecified atom stereocenters. The molecule has 1 aliphatic rings. The van der Waals surface area contributed by atoms with Gasteiger partial charge < -0.3 is 14.5 Å². The Labute approximate surface area is 124 Å². The monoisotopic (exact) mass is 297 g/mol. The van der Waals surface area contributed by atoms with Crippen LogP contribution in [0.25, 0.3) is 0 Å². The molecule has 112 valence electrons. The molecule has 1 fully saturated rings. The number of anilines is 1. The molecule has 1 aromatic heterocycles. The van der Waals surface area contributed by atoms with Crippen molar-refractivity contribution in [1.29, 1.82) is 0 Å². The van der Waals surface area contributed by atoms with E-state index in [0.717, 1.165) is 23.9 Å². The van der Waals surface area contributed by atoms with Crippen LogP contribution in [-0.4, -0.2) is 55.7 Å². The molecule has 6 heteroatoms. The van der Waals surface area contributed by atoms with Crippen LogP contribution in [0.4, 0.5) is 5.13 Å². The molecule has 2 heterocycles. The first-order valence-electron chi connectivity index (χ1n) is 7.02. The van der Waals surface area contributed by atoms with Gasteiger partial charge in [0.05, 0.1) is 18.7 Å². The average Bonchev–Trinajstić information content (AvgIpc) is 2.96. The zero-order chi connectivity index (χ0) is 14.7. The summed E-state index contributed by atoms with van der Waals surface area (Å²) in [5, 5.41) is 2.97. The predicted molar refractivity (Wildman–Crippen MR) is 81.3 cm³/mol. The Morgan fingerprint density at radius 3 is 2.90 bits per heavy atom. The molecule has 0 spiro atoms. The number of carbonyl (C=O) groups is 1. The molecule has 2 rings (SSSR count). The first-order chi connectivity index (χ1) is 9.51. The topological polar surface area (TPSA) is 45.7 Å². The van der Waals surface area contributed by atoms with E-state index in [4.69, 9.17) is 4.74 Å². The fourth-order valence-corrected chi connectivity index (χ4v) is 3.51.